The highest BCUT2D eigenvalue weighted by Gasteiger charge is 2.65. The van der Waals surface area contributed by atoms with Crippen molar-refractivity contribution in [2.24, 2.45) is 11.3 Å². The van der Waals surface area contributed by atoms with Crippen LogP contribution < -0.4 is 0 Å². The summed E-state index contributed by atoms with van der Waals surface area (Å²) in [6, 6.07) is 0. The third kappa shape index (κ3) is 2.37. The maximum atomic E-state index is 11.2. The minimum Gasteiger partial charge on any atom is -0.481 e. The van der Waals surface area contributed by atoms with E-state index >= 15 is 0 Å². The molecule has 0 aromatic heterocycles. The van der Waals surface area contributed by atoms with Gasteiger partial charge in [-0.3, -0.25) is 4.79 Å². The molecule has 1 saturated carbocycles. The highest BCUT2D eigenvalue weighted by Crippen LogP contribution is 2.64. The molecule has 0 amide bonds. The molecular formula is C19H30O4. The van der Waals surface area contributed by atoms with Gasteiger partial charge in [-0.25, -0.2) is 0 Å². The van der Waals surface area contributed by atoms with Gasteiger partial charge in [0.15, 0.2) is 0 Å². The molecule has 23 heavy (non-hydrogen) atoms. The number of ether oxygens (including phenoxy) is 1. The van der Waals surface area contributed by atoms with E-state index in [0.717, 1.165) is 38.5 Å². The van der Waals surface area contributed by atoms with Crippen LogP contribution in [0.5, 0.6) is 0 Å². The fraction of sp³-hybridized carbons (Fsp3) is 0.842. The minimum absolute atomic E-state index is 0.0408. The fourth-order valence-electron chi connectivity index (χ4n) is 5.84. The molecule has 0 aromatic carbocycles. The van der Waals surface area contributed by atoms with Crippen LogP contribution in [0.3, 0.4) is 0 Å². The predicted molar refractivity (Wildman–Crippen MR) is 88.2 cm³/mol. The molecule has 4 nitrogen and oxygen atoms in total. The summed E-state index contributed by atoms with van der Waals surface area (Å²) in [5, 5.41) is 20.2. The van der Waals surface area contributed by atoms with Crippen LogP contribution in [0.1, 0.15) is 72.6 Å². The Morgan fingerprint density at radius 1 is 1.26 bits per heavy atom. The van der Waals surface area contributed by atoms with Gasteiger partial charge in [0.05, 0.1) is 23.2 Å². The zero-order valence-corrected chi connectivity index (χ0v) is 14.8. The van der Waals surface area contributed by atoms with Crippen molar-refractivity contribution in [2.75, 3.05) is 0 Å². The summed E-state index contributed by atoms with van der Waals surface area (Å²) >= 11 is 0. The van der Waals surface area contributed by atoms with Crippen LogP contribution in [-0.4, -0.2) is 33.0 Å². The number of carbonyl (C=O) groups is 1. The molecule has 3 aliphatic rings. The lowest BCUT2D eigenvalue weighted by atomic mass is 9.49. The van der Waals surface area contributed by atoms with Crippen LogP contribution in [0.4, 0.5) is 0 Å². The van der Waals surface area contributed by atoms with E-state index in [0.29, 0.717) is 0 Å². The predicted octanol–water partition coefficient (Wildman–Crippen LogP) is 3.68. The van der Waals surface area contributed by atoms with Crippen molar-refractivity contribution in [3.05, 3.63) is 11.6 Å². The van der Waals surface area contributed by atoms with E-state index in [1.54, 1.807) is 0 Å². The summed E-state index contributed by atoms with van der Waals surface area (Å²) in [5.41, 5.74) is -0.626. The molecule has 5 unspecified atom stereocenters. The van der Waals surface area contributed by atoms with Gasteiger partial charge in [-0.2, -0.15) is 0 Å². The Kier molecular flexibility index (Phi) is 3.73. The third-order valence-electron chi connectivity index (χ3n) is 7.07. The van der Waals surface area contributed by atoms with Gasteiger partial charge in [0.2, 0.25) is 0 Å². The van der Waals surface area contributed by atoms with Crippen LogP contribution >= 0.6 is 0 Å². The average Bonchev–Trinajstić information content (AvgIpc) is 2.74. The van der Waals surface area contributed by atoms with Gasteiger partial charge >= 0.3 is 5.97 Å². The Morgan fingerprint density at radius 3 is 2.61 bits per heavy atom. The smallest absolute Gasteiger partial charge is 0.306 e. The van der Waals surface area contributed by atoms with Gasteiger partial charge in [-0.15, -0.1) is 0 Å². The summed E-state index contributed by atoms with van der Waals surface area (Å²) in [6.45, 7) is 8.27. The number of carboxylic acids is 1. The molecule has 0 radical (unpaired) electrons. The molecule has 1 saturated heterocycles. The molecule has 4 heteroatoms. The lowest BCUT2D eigenvalue weighted by molar-refractivity contribution is -0.209. The first-order chi connectivity index (χ1) is 10.5. The Labute approximate surface area is 138 Å². The van der Waals surface area contributed by atoms with Crippen LogP contribution in [0, 0.1) is 11.3 Å². The second kappa shape index (κ2) is 5.06. The number of aliphatic carboxylic acids is 1. The van der Waals surface area contributed by atoms with Crippen molar-refractivity contribution in [3.63, 3.8) is 0 Å². The van der Waals surface area contributed by atoms with Crippen molar-refractivity contribution in [1.29, 1.82) is 0 Å². The normalized spacial score (nSPS) is 49.8. The van der Waals surface area contributed by atoms with Gasteiger partial charge < -0.3 is 14.9 Å². The van der Waals surface area contributed by atoms with Crippen LogP contribution in [0.15, 0.2) is 11.6 Å². The quantitative estimate of drug-likeness (QED) is 0.761. The molecule has 2 N–H and O–H groups in total. The molecule has 2 aliphatic carbocycles. The van der Waals surface area contributed by atoms with E-state index in [1.807, 2.05) is 13.8 Å². The summed E-state index contributed by atoms with van der Waals surface area (Å²) in [6.07, 6.45) is 7.61. The van der Waals surface area contributed by atoms with Gasteiger partial charge in [-0.1, -0.05) is 13.0 Å². The number of carboxylic acid groups (broad SMARTS) is 1. The van der Waals surface area contributed by atoms with Crippen LogP contribution in [0.25, 0.3) is 0 Å². The Bertz CT molecular complexity index is 552. The standard InChI is InChI=1S/C19H30O4/c1-13-6-7-14-17(3,8-5-9-18(14,4)22)19(13)11-10-16(2,23-19)12-15(20)21/h6,14,22H,5,7-12H2,1-4H3,(H,20,21). The highest BCUT2D eigenvalue weighted by atomic mass is 16.5. The molecular weight excluding hydrogens is 292 g/mol. The zero-order chi connectivity index (χ0) is 17.1. The topological polar surface area (TPSA) is 66.8 Å². The first-order valence-corrected chi connectivity index (χ1v) is 8.86. The molecule has 130 valence electrons. The van der Waals surface area contributed by atoms with Crippen molar-refractivity contribution in [3.8, 4) is 0 Å². The second-order valence-corrected chi connectivity index (χ2v) is 8.75. The lowest BCUT2D eigenvalue weighted by Gasteiger charge is -2.60. The number of rotatable bonds is 2. The summed E-state index contributed by atoms with van der Waals surface area (Å²) in [5.74, 6) is -0.640. The summed E-state index contributed by atoms with van der Waals surface area (Å²) < 4.78 is 6.61. The minimum atomic E-state index is -0.806. The van der Waals surface area contributed by atoms with E-state index in [-0.39, 0.29) is 17.8 Å². The Hall–Kier alpha value is -0.870. The molecule has 3 rings (SSSR count). The molecule has 2 fully saturated rings. The summed E-state index contributed by atoms with van der Waals surface area (Å²) in [4.78, 5) is 11.2. The fourth-order valence-corrected chi connectivity index (χ4v) is 5.84. The zero-order valence-electron chi connectivity index (χ0n) is 14.8. The average molecular weight is 322 g/mol. The van der Waals surface area contributed by atoms with E-state index in [9.17, 15) is 15.0 Å². The summed E-state index contributed by atoms with van der Waals surface area (Å²) in [7, 11) is 0. The maximum absolute atomic E-state index is 11.2. The van der Waals surface area contributed by atoms with Crippen molar-refractivity contribution < 1.29 is 19.7 Å². The Morgan fingerprint density at radius 2 is 1.96 bits per heavy atom. The van der Waals surface area contributed by atoms with E-state index in [4.69, 9.17) is 4.74 Å². The maximum Gasteiger partial charge on any atom is 0.306 e. The number of aliphatic hydroxyl groups is 1. The molecule has 1 spiro atoms. The van der Waals surface area contributed by atoms with Gasteiger partial charge in [0.25, 0.3) is 0 Å². The first kappa shape index (κ1) is 17.0. The molecule has 0 bridgehead atoms. The van der Waals surface area contributed by atoms with Crippen molar-refractivity contribution >= 4 is 5.97 Å². The van der Waals surface area contributed by atoms with Gasteiger partial charge in [-0.05, 0) is 70.8 Å². The molecule has 5 atom stereocenters. The van der Waals surface area contributed by atoms with E-state index in [1.165, 1.54) is 5.57 Å². The van der Waals surface area contributed by atoms with Crippen LogP contribution in [0.2, 0.25) is 0 Å². The van der Waals surface area contributed by atoms with Gasteiger partial charge in [0.1, 0.15) is 0 Å². The largest absolute Gasteiger partial charge is 0.481 e. The molecule has 1 aliphatic heterocycles. The second-order valence-electron chi connectivity index (χ2n) is 8.75. The highest BCUT2D eigenvalue weighted by molar-refractivity contribution is 5.68. The molecule has 1 heterocycles. The van der Waals surface area contributed by atoms with Gasteiger partial charge in [0, 0.05) is 5.41 Å². The number of hydrogen-bond donors (Lipinski definition) is 2. The monoisotopic (exact) mass is 322 g/mol. The number of fused-ring (bicyclic) bond motifs is 2. The van der Waals surface area contributed by atoms with Crippen LogP contribution in [-0.2, 0) is 9.53 Å². The van der Waals surface area contributed by atoms with E-state index in [2.05, 4.69) is 19.9 Å². The first-order valence-electron chi connectivity index (χ1n) is 8.86. The Balaban J connectivity index is 2.02. The lowest BCUT2D eigenvalue weighted by Crippen LogP contribution is -2.61. The number of hydrogen-bond acceptors (Lipinski definition) is 3. The SMILES string of the molecule is CC1=CCC2C(C)(O)CCCC2(C)C12CCC(C)(CC(=O)O)O2. The van der Waals surface area contributed by atoms with Crippen molar-refractivity contribution in [2.45, 2.75) is 89.4 Å². The molecule has 0 aromatic rings. The third-order valence-corrected chi connectivity index (χ3v) is 7.07. The van der Waals surface area contributed by atoms with E-state index < -0.39 is 22.8 Å². The van der Waals surface area contributed by atoms with Crippen molar-refractivity contribution in [1.82, 2.24) is 0 Å². The number of allylic oxidation sites excluding steroid dienone is 1.